The highest BCUT2D eigenvalue weighted by Crippen LogP contribution is 2.38. The number of ether oxygens (including phenoxy) is 1. The fourth-order valence-corrected chi connectivity index (χ4v) is 0.973. The van der Waals surface area contributed by atoms with E-state index in [0.717, 1.165) is 6.42 Å². The van der Waals surface area contributed by atoms with Crippen LogP contribution in [0.2, 0.25) is 0 Å². The number of hydrogen-bond acceptors (Lipinski definition) is 2. The molecular formula is C8H12O2. The lowest BCUT2D eigenvalue weighted by molar-refractivity contribution is -0.144. The lowest BCUT2D eigenvalue weighted by atomic mass is 10.4. The Hall–Kier alpha value is -0.790. The molecule has 1 aliphatic carbocycles. The van der Waals surface area contributed by atoms with E-state index in [2.05, 4.69) is 0 Å². The van der Waals surface area contributed by atoms with E-state index in [4.69, 9.17) is 4.74 Å². The molecule has 1 saturated carbocycles. The van der Waals surface area contributed by atoms with Gasteiger partial charge in [0.05, 0.1) is 12.5 Å². The van der Waals surface area contributed by atoms with Crippen LogP contribution in [0.3, 0.4) is 0 Å². The summed E-state index contributed by atoms with van der Waals surface area (Å²) in [6.45, 7) is 4.27. The summed E-state index contributed by atoms with van der Waals surface area (Å²) < 4.78 is 4.82. The molecular weight excluding hydrogens is 128 g/mol. The van der Waals surface area contributed by atoms with E-state index >= 15 is 0 Å². The molecule has 0 aromatic heterocycles. The zero-order valence-corrected chi connectivity index (χ0v) is 6.39. The van der Waals surface area contributed by atoms with Crippen LogP contribution in [0.4, 0.5) is 0 Å². The zero-order chi connectivity index (χ0) is 7.56. The molecule has 2 nitrogen and oxygen atoms in total. The molecule has 1 rings (SSSR count). The number of rotatable bonds is 2. The lowest BCUT2D eigenvalue weighted by Crippen LogP contribution is -2.05. The van der Waals surface area contributed by atoms with Gasteiger partial charge in [0.1, 0.15) is 0 Å². The third-order valence-electron chi connectivity index (χ3n) is 1.67. The predicted octanol–water partition coefficient (Wildman–Crippen LogP) is 1.52. The first kappa shape index (κ1) is 7.32. The van der Waals surface area contributed by atoms with Gasteiger partial charge in [0, 0.05) is 0 Å². The normalized spacial score (nSPS) is 26.6. The molecule has 0 N–H and O–H groups in total. The van der Waals surface area contributed by atoms with Crippen LogP contribution < -0.4 is 0 Å². The van der Waals surface area contributed by atoms with Crippen LogP contribution in [0.1, 0.15) is 20.3 Å². The summed E-state index contributed by atoms with van der Waals surface area (Å²) in [6, 6.07) is 0. The van der Waals surface area contributed by atoms with Gasteiger partial charge in [-0.3, -0.25) is 4.79 Å². The van der Waals surface area contributed by atoms with Crippen LogP contribution in [-0.2, 0) is 9.53 Å². The van der Waals surface area contributed by atoms with Gasteiger partial charge in [-0.15, -0.1) is 0 Å². The molecule has 0 spiro atoms. The highest BCUT2D eigenvalue weighted by atomic mass is 16.5. The molecule has 0 unspecified atom stereocenters. The van der Waals surface area contributed by atoms with Crippen molar-refractivity contribution >= 4 is 5.97 Å². The highest BCUT2D eigenvalue weighted by molar-refractivity contribution is 5.80. The van der Waals surface area contributed by atoms with Crippen molar-refractivity contribution in [3.8, 4) is 0 Å². The summed E-state index contributed by atoms with van der Waals surface area (Å²) in [5, 5.41) is 0. The standard InChI is InChI=1S/C8H12O2/c1-3-6-5-7(6)8(9)10-4-2/h3,7H,4-5H2,1-2H3/b6-3+/t7-/m1/s1. The molecule has 0 heterocycles. The maximum absolute atomic E-state index is 10.9. The average molecular weight is 140 g/mol. The van der Waals surface area contributed by atoms with Crippen LogP contribution in [0, 0.1) is 5.92 Å². The van der Waals surface area contributed by atoms with E-state index in [-0.39, 0.29) is 11.9 Å². The van der Waals surface area contributed by atoms with Crippen molar-refractivity contribution in [2.75, 3.05) is 6.61 Å². The second-order valence-electron chi connectivity index (χ2n) is 2.37. The Balaban J connectivity index is 2.33. The molecule has 0 aliphatic heterocycles. The Morgan fingerprint density at radius 3 is 3.00 bits per heavy atom. The van der Waals surface area contributed by atoms with Gasteiger partial charge in [0.25, 0.3) is 0 Å². The molecule has 2 heteroatoms. The second-order valence-corrected chi connectivity index (χ2v) is 2.37. The van der Waals surface area contributed by atoms with E-state index in [1.807, 2.05) is 19.9 Å². The molecule has 10 heavy (non-hydrogen) atoms. The minimum absolute atomic E-state index is 0.0596. The van der Waals surface area contributed by atoms with Gasteiger partial charge in [-0.1, -0.05) is 11.6 Å². The van der Waals surface area contributed by atoms with Crippen LogP contribution in [0.5, 0.6) is 0 Å². The number of hydrogen-bond donors (Lipinski definition) is 0. The fraction of sp³-hybridized carbons (Fsp3) is 0.625. The number of esters is 1. The van der Waals surface area contributed by atoms with Crippen molar-refractivity contribution in [2.45, 2.75) is 20.3 Å². The van der Waals surface area contributed by atoms with Crippen molar-refractivity contribution < 1.29 is 9.53 Å². The largest absolute Gasteiger partial charge is 0.466 e. The summed E-state index contributed by atoms with van der Waals surface area (Å²) >= 11 is 0. The molecule has 0 bridgehead atoms. The van der Waals surface area contributed by atoms with Gasteiger partial charge in [-0.25, -0.2) is 0 Å². The number of carbonyl (C=O) groups is 1. The molecule has 0 saturated heterocycles. The van der Waals surface area contributed by atoms with Gasteiger partial charge in [-0.2, -0.15) is 0 Å². The maximum Gasteiger partial charge on any atom is 0.313 e. The predicted molar refractivity (Wildman–Crippen MR) is 38.5 cm³/mol. The van der Waals surface area contributed by atoms with Crippen LogP contribution in [0.25, 0.3) is 0 Å². The highest BCUT2D eigenvalue weighted by Gasteiger charge is 2.36. The van der Waals surface area contributed by atoms with Crippen molar-refractivity contribution in [1.29, 1.82) is 0 Å². The summed E-state index contributed by atoms with van der Waals surface area (Å²) in [7, 11) is 0. The topological polar surface area (TPSA) is 26.3 Å². The monoisotopic (exact) mass is 140 g/mol. The van der Waals surface area contributed by atoms with Gasteiger partial charge in [-0.05, 0) is 20.3 Å². The van der Waals surface area contributed by atoms with Crippen LogP contribution >= 0.6 is 0 Å². The van der Waals surface area contributed by atoms with E-state index in [1.54, 1.807) is 0 Å². The summed E-state index contributed by atoms with van der Waals surface area (Å²) in [4.78, 5) is 10.9. The summed E-state index contributed by atoms with van der Waals surface area (Å²) in [6.07, 6.45) is 2.90. The van der Waals surface area contributed by atoms with E-state index in [9.17, 15) is 4.79 Å². The van der Waals surface area contributed by atoms with Gasteiger partial charge in [0.15, 0.2) is 0 Å². The average Bonchev–Trinajstić information content (AvgIpc) is 2.66. The van der Waals surface area contributed by atoms with Crippen molar-refractivity contribution in [3.05, 3.63) is 11.6 Å². The smallest absolute Gasteiger partial charge is 0.313 e. The van der Waals surface area contributed by atoms with E-state index < -0.39 is 0 Å². The molecule has 1 aliphatic rings. The first-order valence-electron chi connectivity index (χ1n) is 3.61. The Morgan fingerprint density at radius 1 is 1.90 bits per heavy atom. The first-order chi connectivity index (χ1) is 4.79. The SMILES string of the molecule is C/C=C1\C[C@H]1C(=O)OCC. The molecule has 0 amide bonds. The Morgan fingerprint density at radius 2 is 2.60 bits per heavy atom. The first-order valence-corrected chi connectivity index (χ1v) is 3.61. The molecule has 0 radical (unpaired) electrons. The summed E-state index contributed by atoms with van der Waals surface area (Å²) in [5.74, 6) is 0.0422. The van der Waals surface area contributed by atoms with Crippen molar-refractivity contribution in [2.24, 2.45) is 5.92 Å². The van der Waals surface area contributed by atoms with Crippen molar-refractivity contribution in [3.63, 3.8) is 0 Å². The van der Waals surface area contributed by atoms with Crippen LogP contribution in [0.15, 0.2) is 11.6 Å². The quantitative estimate of drug-likeness (QED) is 0.429. The third kappa shape index (κ3) is 1.38. The van der Waals surface area contributed by atoms with E-state index in [0.29, 0.717) is 6.61 Å². The molecule has 0 aromatic rings. The third-order valence-corrected chi connectivity index (χ3v) is 1.67. The van der Waals surface area contributed by atoms with Crippen LogP contribution in [-0.4, -0.2) is 12.6 Å². The number of carbonyl (C=O) groups excluding carboxylic acids is 1. The minimum atomic E-state index is -0.0596. The zero-order valence-electron chi connectivity index (χ0n) is 6.39. The fourth-order valence-electron chi connectivity index (χ4n) is 0.973. The Bertz CT molecular complexity index is 170. The molecule has 1 fully saturated rings. The summed E-state index contributed by atoms with van der Waals surface area (Å²) in [5.41, 5.74) is 1.22. The Labute approximate surface area is 60.9 Å². The molecule has 0 aromatic carbocycles. The molecule has 56 valence electrons. The molecule has 1 atom stereocenters. The van der Waals surface area contributed by atoms with E-state index in [1.165, 1.54) is 5.57 Å². The number of allylic oxidation sites excluding steroid dienone is 1. The van der Waals surface area contributed by atoms with Crippen molar-refractivity contribution in [1.82, 2.24) is 0 Å². The lowest BCUT2D eigenvalue weighted by Gasteiger charge is -1.95. The van der Waals surface area contributed by atoms with Gasteiger partial charge >= 0.3 is 5.97 Å². The maximum atomic E-state index is 10.9. The Kier molecular flexibility index (Phi) is 2.10. The van der Waals surface area contributed by atoms with Gasteiger partial charge < -0.3 is 4.74 Å². The minimum Gasteiger partial charge on any atom is -0.466 e. The van der Waals surface area contributed by atoms with Gasteiger partial charge in [0.2, 0.25) is 0 Å². The second kappa shape index (κ2) is 2.86.